The lowest BCUT2D eigenvalue weighted by Crippen LogP contribution is -2.44. The first-order valence-electron chi connectivity index (χ1n) is 8.56. The zero-order valence-electron chi connectivity index (χ0n) is 15.1. The molecule has 150 valence electrons. The summed E-state index contributed by atoms with van der Waals surface area (Å²) in [6, 6.07) is 4.06. The molecule has 1 aromatic rings. The molecule has 26 heavy (non-hydrogen) atoms. The van der Waals surface area contributed by atoms with Gasteiger partial charge in [0.15, 0.2) is 0 Å². The van der Waals surface area contributed by atoms with E-state index >= 15 is 0 Å². The molecule has 1 aliphatic heterocycles. The zero-order valence-corrected chi connectivity index (χ0v) is 17.6. The highest BCUT2D eigenvalue weighted by Gasteiger charge is 2.20. The van der Waals surface area contributed by atoms with Crippen LogP contribution in [0.25, 0.3) is 0 Å². The van der Waals surface area contributed by atoms with Gasteiger partial charge in [0.25, 0.3) is 0 Å². The van der Waals surface area contributed by atoms with Crippen molar-refractivity contribution in [3.8, 4) is 0 Å². The molecule has 1 amide bonds. The Balaban J connectivity index is 0.00000208. The summed E-state index contributed by atoms with van der Waals surface area (Å²) >= 11 is 0. The lowest BCUT2D eigenvalue weighted by molar-refractivity contribution is -0.120. The number of amides is 1. The third kappa shape index (κ3) is 8.27. The number of likely N-dealkylation sites (N-methyl/N-ethyl adjacent to an activating group) is 1. The summed E-state index contributed by atoms with van der Waals surface area (Å²) in [5, 5.41) is 6.19. The number of aromatic nitrogens is 1. The van der Waals surface area contributed by atoms with Crippen LogP contribution in [-0.2, 0) is 11.3 Å². The first-order chi connectivity index (χ1) is 11.2. The molecule has 2 heterocycles. The van der Waals surface area contributed by atoms with E-state index in [1.54, 1.807) is 0 Å². The number of carbonyl (C=O) groups excluding carboxylic acids is 1. The molecule has 9 heteroatoms. The van der Waals surface area contributed by atoms with Crippen molar-refractivity contribution in [3.05, 3.63) is 23.9 Å². The number of piperazine rings is 1. The Bertz CT molecular complexity index is 537. The van der Waals surface area contributed by atoms with Crippen LogP contribution in [-0.4, -0.2) is 62.1 Å². The molecular formula is C17H30Cl3N5O. The predicted molar refractivity (Wildman–Crippen MR) is 113 cm³/mol. The largest absolute Gasteiger partial charge is 0.354 e. The lowest BCUT2D eigenvalue weighted by Gasteiger charge is -2.33. The topological polar surface area (TPSA) is 60.5 Å². The van der Waals surface area contributed by atoms with Gasteiger partial charge in [0, 0.05) is 38.9 Å². The minimum Gasteiger partial charge on any atom is -0.354 e. The van der Waals surface area contributed by atoms with Gasteiger partial charge < -0.3 is 20.4 Å². The minimum absolute atomic E-state index is 0. The van der Waals surface area contributed by atoms with Crippen molar-refractivity contribution >= 4 is 48.9 Å². The maximum atomic E-state index is 11.8. The Kier molecular flexibility index (Phi) is 12.2. The molecule has 0 bridgehead atoms. The van der Waals surface area contributed by atoms with Crippen LogP contribution < -0.4 is 15.5 Å². The normalized spacial score (nSPS) is 16.7. The fourth-order valence-corrected chi connectivity index (χ4v) is 2.75. The third-order valence-corrected chi connectivity index (χ3v) is 4.54. The number of pyridine rings is 1. The van der Waals surface area contributed by atoms with Crippen LogP contribution in [0.3, 0.4) is 0 Å². The van der Waals surface area contributed by atoms with Crippen molar-refractivity contribution in [2.24, 2.45) is 5.92 Å². The predicted octanol–water partition coefficient (Wildman–Crippen LogP) is 1.71. The summed E-state index contributed by atoms with van der Waals surface area (Å²) in [6.07, 6.45) is 4.45. The number of carbonyl (C=O) groups is 1. The summed E-state index contributed by atoms with van der Waals surface area (Å²) < 4.78 is 0. The Morgan fingerprint density at radius 1 is 1.19 bits per heavy atom. The molecule has 1 saturated carbocycles. The van der Waals surface area contributed by atoms with E-state index < -0.39 is 0 Å². The van der Waals surface area contributed by atoms with Gasteiger partial charge in [-0.15, -0.1) is 37.2 Å². The van der Waals surface area contributed by atoms with Crippen molar-refractivity contribution in [2.45, 2.75) is 19.4 Å². The van der Waals surface area contributed by atoms with E-state index in [0.29, 0.717) is 13.1 Å². The van der Waals surface area contributed by atoms with Gasteiger partial charge in [0.2, 0.25) is 5.91 Å². The molecule has 2 N–H and O–H groups in total. The lowest BCUT2D eigenvalue weighted by atomic mass is 10.2. The molecule has 1 aromatic heterocycles. The summed E-state index contributed by atoms with van der Waals surface area (Å²) in [4.78, 5) is 20.9. The van der Waals surface area contributed by atoms with Gasteiger partial charge >= 0.3 is 0 Å². The molecule has 0 atom stereocenters. The number of rotatable bonds is 7. The Labute approximate surface area is 174 Å². The standard InChI is InChI=1S/C17H27N5O.3ClH/c1-21-6-8-22(9-7-21)16-10-15(4-5-19-16)12-20-17(23)13-18-11-14-2-3-14;;;/h4-5,10,14,18H,2-3,6-9,11-13H2,1H3,(H,20,23);3*1H. The van der Waals surface area contributed by atoms with Crippen molar-refractivity contribution < 1.29 is 4.79 Å². The van der Waals surface area contributed by atoms with Gasteiger partial charge in [0.05, 0.1) is 6.54 Å². The van der Waals surface area contributed by atoms with Crippen LogP contribution >= 0.6 is 37.2 Å². The zero-order chi connectivity index (χ0) is 16.1. The second kappa shape index (κ2) is 12.6. The number of halogens is 3. The molecule has 0 spiro atoms. The maximum Gasteiger partial charge on any atom is 0.234 e. The van der Waals surface area contributed by atoms with Crippen LogP contribution in [0.5, 0.6) is 0 Å². The van der Waals surface area contributed by atoms with E-state index in [2.05, 4.69) is 38.5 Å². The monoisotopic (exact) mass is 425 g/mol. The first-order valence-corrected chi connectivity index (χ1v) is 8.56. The summed E-state index contributed by atoms with van der Waals surface area (Å²) in [5.41, 5.74) is 1.10. The van der Waals surface area contributed by atoms with E-state index in [1.807, 2.05) is 12.3 Å². The van der Waals surface area contributed by atoms with Gasteiger partial charge in [-0.25, -0.2) is 4.98 Å². The van der Waals surface area contributed by atoms with Crippen molar-refractivity contribution in [1.29, 1.82) is 0 Å². The summed E-state index contributed by atoms with van der Waals surface area (Å²) in [6.45, 7) is 6.08. The van der Waals surface area contributed by atoms with E-state index in [0.717, 1.165) is 50.0 Å². The van der Waals surface area contributed by atoms with Gasteiger partial charge in [0.1, 0.15) is 5.82 Å². The van der Waals surface area contributed by atoms with Crippen molar-refractivity contribution in [3.63, 3.8) is 0 Å². The molecule has 1 aliphatic carbocycles. The van der Waals surface area contributed by atoms with Crippen molar-refractivity contribution in [2.75, 3.05) is 51.2 Å². The molecular weight excluding hydrogens is 397 g/mol. The van der Waals surface area contributed by atoms with Crippen LogP contribution in [0.1, 0.15) is 18.4 Å². The van der Waals surface area contributed by atoms with E-state index in [-0.39, 0.29) is 43.1 Å². The highest BCUT2D eigenvalue weighted by atomic mass is 35.5. The van der Waals surface area contributed by atoms with Gasteiger partial charge in [-0.05, 0) is 50.0 Å². The van der Waals surface area contributed by atoms with Crippen LogP contribution in [0.4, 0.5) is 5.82 Å². The Morgan fingerprint density at radius 2 is 1.88 bits per heavy atom. The SMILES string of the molecule is CN1CCN(c2cc(CNC(=O)CNCC3CC3)ccn2)CC1.Cl.Cl.Cl. The maximum absolute atomic E-state index is 11.8. The fraction of sp³-hybridized carbons (Fsp3) is 0.647. The van der Waals surface area contributed by atoms with Gasteiger partial charge in [-0.2, -0.15) is 0 Å². The second-order valence-corrected chi connectivity index (χ2v) is 6.66. The van der Waals surface area contributed by atoms with E-state index in [9.17, 15) is 4.79 Å². The number of nitrogens with zero attached hydrogens (tertiary/aromatic N) is 3. The van der Waals surface area contributed by atoms with E-state index in [4.69, 9.17) is 0 Å². The summed E-state index contributed by atoms with van der Waals surface area (Å²) in [7, 11) is 2.15. The van der Waals surface area contributed by atoms with Crippen molar-refractivity contribution in [1.82, 2.24) is 20.5 Å². The molecule has 2 fully saturated rings. The Morgan fingerprint density at radius 3 is 2.54 bits per heavy atom. The number of hydrogen-bond donors (Lipinski definition) is 2. The van der Waals surface area contributed by atoms with Crippen LogP contribution in [0, 0.1) is 5.92 Å². The number of anilines is 1. The summed E-state index contributed by atoms with van der Waals surface area (Å²) in [5.74, 6) is 1.87. The molecule has 0 radical (unpaired) electrons. The van der Waals surface area contributed by atoms with Gasteiger partial charge in [-0.3, -0.25) is 4.79 Å². The smallest absolute Gasteiger partial charge is 0.234 e. The molecule has 2 aliphatic rings. The molecule has 6 nitrogen and oxygen atoms in total. The van der Waals surface area contributed by atoms with Gasteiger partial charge in [-0.1, -0.05) is 0 Å². The Hall–Kier alpha value is -0.790. The quantitative estimate of drug-likeness (QED) is 0.695. The van der Waals surface area contributed by atoms with Crippen LogP contribution in [0.15, 0.2) is 18.3 Å². The second-order valence-electron chi connectivity index (χ2n) is 6.66. The molecule has 1 saturated heterocycles. The number of nitrogens with one attached hydrogen (secondary N) is 2. The average molecular weight is 427 g/mol. The molecule has 3 rings (SSSR count). The molecule has 0 aromatic carbocycles. The highest BCUT2D eigenvalue weighted by Crippen LogP contribution is 2.27. The fourth-order valence-electron chi connectivity index (χ4n) is 2.75. The first kappa shape index (κ1) is 25.2. The molecule has 0 unspecified atom stereocenters. The third-order valence-electron chi connectivity index (χ3n) is 4.54. The highest BCUT2D eigenvalue weighted by molar-refractivity contribution is 5.86. The average Bonchev–Trinajstić information content (AvgIpc) is 3.38. The number of hydrogen-bond acceptors (Lipinski definition) is 5. The minimum atomic E-state index is 0. The van der Waals surface area contributed by atoms with Crippen LogP contribution in [0.2, 0.25) is 0 Å². The van der Waals surface area contributed by atoms with E-state index in [1.165, 1.54) is 12.8 Å².